The highest BCUT2D eigenvalue weighted by Gasteiger charge is 2.43. The molecule has 0 saturated carbocycles. The van der Waals surface area contributed by atoms with Crippen LogP contribution in [0.15, 0.2) is 84.0 Å². The van der Waals surface area contributed by atoms with E-state index in [0.29, 0.717) is 92.6 Å². The lowest BCUT2D eigenvalue weighted by molar-refractivity contribution is -0.140. The molecule has 520 valence electrons. The minimum absolute atomic E-state index is 0.0500. The topological polar surface area (TPSA) is 248 Å². The van der Waals surface area contributed by atoms with Gasteiger partial charge in [0.25, 0.3) is 0 Å². The highest BCUT2D eigenvalue weighted by Crippen LogP contribution is 2.38. The molecule has 4 atom stereocenters. The smallest absolute Gasteiger partial charge is 0.411 e. The Kier molecular flexibility index (Phi) is 27.2. The molecule has 8 rings (SSSR count). The molecule has 2 aliphatic carbocycles. The average Bonchev–Trinajstić information content (AvgIpc) is 1.37. The van der Waals surface area contributed by atoms with E-state index in [0.717, 1.165) is 57.0 Å². The van der Waals surface area contributed by atoms with Gasteiger partial charge >= 0.3 is 36.1 Å². The molecule has 2 saturated heterocycles. The molecule has 4 unspecified atom stereocenters. The number of alkyl halides is 1. The van der Waals surface area contributed by atoms with Crippen molar-refractivity contribution in [3.05, 3.63) is 139 Å². The van der Waals surface area contributed by atoms with E-state index in [2.05, 4.69) is 20.7 Å². The summed E-state index contributed by atoms with van der Waals surface area (Å²) >= 11 is 15.7. The first-order valence-electron chi connectivity index (χ1n) is 31.4. The van der Waals surface area contributed by atoms with Gasteiger partial charge in [0.2, 0.25) is 20.0 Å². The van der Waals surface area contributed by atoms with E-state index in [9.17, 15) is 54.4 Å². The number of amides is 2. The zero-order chi connectivity index (χ0) is 70.5. The molecule has 20 nitrogen and oxygen atoms in total. The van der Waals surface area contributed by atoms with Crippen LogP contribution in [-0.2, 0) is 70.0 Å². The second kappa shape index (κ2) is 33.4. The zero-order valence-electron chi connectivity index (χ0n) is 55.6. The molecule has 0 radical (unpaired) electrons. The van der Waals surface area contributed by atoms with Crippen LogP contribution in [0.5, 0.6) is 11.5 Å². The van der Waals surface area contributed by atoms with Crippen LogP contribution in [0, 0.1) is 39.3 Å². The normalized spacial score (nSPS) is 18.1. The predicted octanol–water partition coefficient (Wildman–Crippen LogP) is 14.5. The number of halogens is 5. The molecular formula is C68H85BrCl2F2N4O16S2. The molecule has 2 heterocycles. The van der Waals surface area contributed by atoms with Gasteiger partial charge in [0, 0.05) is 18.4 Å². The van der Waals surface area contributed by atoms with E-state index in [1.54, 1.807) is 72.8 Å². The van der Waals surface area contributed by atoms with Gasteiger partial charge in [0.05, 0.1) is 52.3 Å². The Morgan fingerprint density at radius 1 is 0.600 bits per heavy atom. The SMILES string of the molecule is CCOC(=O)C1=CCCCC1S(=O)(=O)N(Cc1cc(C)c(OC(=O)C2CCCN2C(=O)OC(C)(C)C)c(C)c1)c1ccc(F)cc1Cl.CCOC(=O)C1=CCCCC1S(=O)(=O)Nc1ccc(F)cc1Cl.Cc1cc(CBr)cc(C)c1OC(=O)C1CCCN1C(=O)OC(C)(C)C. The Morgan fingerprint density at radius 2 is 1.02 bits per heavy atom. The van der Waals surface area contributed by atoms with Crippen molar-refractivity contribution in [1.82, 2.24) is 9.80 Å². The summed E-state index contributed by atoms with van der Waals surface area (Å²) in [4.78, 5) is 78.7. The minimum Gasteiger partial charge on any atom is -0.463 e. The predicted molar refractivity (Wildman–Crippen MR) is 363 cm³/mol. The van der Waals surface area contributed by atoms with Gasteiger partial charge in [-0.3, -0.25) is 18.8 Å². The fourth-order valence-electron chi connectivity index (χ4n) is 11.3. The number of anilines is 2. The van der Waals surface area contributed by atoms with Crippen LogP contribution in [0.3, 0.4) is 0 Å². The minimum atomic E-state index is -4.29. The van der Waals surface area contributed by atoms with Crippen LogP contribution >= 0.6 is 39.1 Å². The van der Waals surface area contributed by atoms with Crippen molar-refractivity contribution in [2.45, 2.75) is 193 Å². The Bertz CT molecular complexity index is 3760. The van der Waals surface area contributed by atoms with Crippen molar-refractivity contribution < 1.29 is 82.8 Å². The molecule has 4 aromatic rings. The van der Waals surface area contributed by atoms with Gasteiger partial charge < -0.3 is 28.4 Å². The standard InChI is InChI=1S/C34H42ClFN2O8S.C19H26BrNO4.C15H17ClFNO4S/c1-7-44-31(39)25-11-8-9-13-29(25)47(42,43)38(27-15-14-24(36)19-26(27)35)20-23-17-21(2)30(22(3)18-23)45-32(40)28-12-10-16-37(28)33(41)46-34(4,5)6;1-12-9-14(11-20)10-13(2)16(12)24-17(22)15-7-6-8-21(15)18(23)25-19(3,4)5;1-2-22-15(19)11-5-3-4-6-14(11)23(20,21)18-13-8-7-10(17)9-12(13)16/h11,14-15,17-19,28-29H,7-10,12-13,16,20H2,1-6H3;9-10,15H,6-8,11H2,1-5H3;5,7-9,14,18H,2-4,6H2,1H3. The molecule has 2 amide bonds. The number of carbonyl (C=O) groups excluding carboxylic acids is 6. The highest BCUT2D eigenvalue weighted by atomic mass is 79.9. The number of benzene rings is 4. The molecular weight excluding hydrogens is 1380 g/mol. The fraction of sp³-hybridized carbons (Fsp3) is 0.500. The Labute approximate surface area is 574 Å². The van der Waals surface area contributed by atoms with Gasteiger partial charge in [-0.05, 0) is 217 Å². The first-order valence-corrected chi connectivity index (χ1v) is 36.3. The Morgan fingerprint density at radius 3 is 1.44 bits per heavy atom. The van der Waals surface area contributed by atoms with Crippen LogP contribution in [-0.4, -0.2) is 123 Å². The fourth-order valence-corrected chi connectivity index (χ4v) is 15.9. The molecule has 95 heavy (non-hydrogen) atoms. The lowest BCUT2D eigenvalue weighted by atomic mass is 9.99. The van der Waals surface area contributed by atoms with Crippen molar-refractivity contribution in [2.75, 3.05) is 35.3 Å². The van der Waals surface area contributed by atoms with E-state index in [4.69, 9.17) is 51.6 Å². The molecule has 2 aliphatic heterocycles. The Balaban J connectivity index is 0.000000249. The number of aryl methyl sites for hydroxylation is 4. The summed E-state index contributed by atoms with van der Waals surface area (Å²) in [5.41, 5.74) is 3.60. The second-order valence-corrected chi connectivity index (χ2v) is 30.6. The van der Waals surface area contributed by atoms with Crippen LogP contribution in [0.2, 0.25) is 10.0 Å². The third-order valence-corrected chi connectivity index (χ3v) is 20.6. The van der Waals surface area contributed by atoms with Gasteiger partial charge in [0.15, 0.2) is 0 Å². The summed E-state index contributed by atoms with van der Waals surface area (Å²) in [5.74, 6) is -2.65. The molecule has 0 spiro atoms. The lowest BCUT2D eigenvalue weighted by Gasteiger charge is -2.32. The van der Waals surface area contributed by atoms with Crippen LogP contribution in [0.1, 0.15) is 153 Å². The van der Waals surface area contributed by atoms with E-state index in [1.165, 1.54) is 21.9 Å². The number of ether oxygens (including phenoxy) is 6. The third-order valence-electron chi connectivity index (χ3n) is 15.4. The van der Waals surface area contributed by atoms with Gasteiger partial charge in [0.1, 0.15) is 56.9 Å². The summed E-state index contributed by atoms with van der Waals surface area (Å²) in [7, 11) is -8.20. The molecule has 2 fully saturated rings. The average molecular weight is 1470 g/mol. The van der Waals surface area contributed by atoms with Gasteiger partial charge in [-0.15, -0.1) is 0 Å². The molecule has 1 N–H and O–H groups in total. The number of allylic oxidation sites excluding steroid dienone is 2. The van der Waals surface area contributed by atoms with Gasteiger partial charge in [-0.25, -0.2) is 54.4 Å². The number of carbonyl (C=O) groups is 6. The van der Waals surface area contributed by atoms with Crippen molar-refractivity contribution in [1.29, 1.82) is 0 Å². The Hall–Kier alpha value is -6.80. The first-order chi connectivity index (χ1) is 44.5. The molecule has 4 aliphatic rings. The first kappa shape index (κ1) is 77.2. The van der Waals surface area contributed by atoms with E-state index in [-0.39, 0.29) is 58.7 Å². The van der Waals surface area contributed by atoms with E-state index < -0.39 is 102 Å². The molecule has 4 aromatic carbocycles. The highest BCUT2D eigenvalue weighted by molar-refractivity contribution is 9.08. The summed E-state index contributed by atoms with van der Waals surface area (Å²) in [5, 5.41) is -1.63. The van der Waals surface area contributed by atoms with Crippen molar-refractivity contribution in [3.8, 4) is 11.5 Å². The van der Waals surface area contributed by atoms with Crippen molar-refractivity contribution >= 4 is 107 Å². The summed E-state index contributed by atoms with van der Waals surface area (Å²) in [6.45, 7) is 22.2. The summed E-state index contributed by atoms with van der Waals surface area (Å²) in [6.07, 6.45) is 7.40. The molecule has 27 heteroatoms. The van der Waals surface area contributed by atoms with Crippen molar-refractivity contribution in [2.24, 2.45) is 0 Å². The van der Waals surface area contributed by atoms with Gasteiger partial charge in [-0.2, -0.15) is 0 Å². The maximum atomic E-state index is 14.4. The number of hydrogen-bond acceptors (Lipinski definition) is 16. The van der Waals surface area contributed by atoms with Gasteiger partial charge in [-0.1, -0.05) is 75.5 Å². The number of likely N-dealkylation sites (tertiary alicyclic amines) is 2. The monoisotopic (exact) mass is 1460 g/mol. The maximum Gasteiger partial charge on any atom is 0.411 e. The number of rotatable bonds is 17. The lowest BCUT2D eigenvalue weighted by Crippen LogP contribution is -2.44. The van der Waals surface area contributed by atoms with Crippen LogP contribution in [0.4, 0.5) is 29.7 Å². The van der Waals surface area contributed by atoms with E-state index in [1.807, 2.05) is 46.8 Å². The largest absolute Gasteiger partial charge is 0.463 e. The van der Waals surface area contributed by atoms with Crippen molar-refractivity contribution in [3.63, 3.8) is 0 Å². The number of hydrogen-bond donors (Lipinski definition) is 1. The zero-order valence-corrected chi connectivity index (χ0v) is 60.4. The third kappa shape index (κ3) is 20.9. The van der Waals surface area contributed by atoms with Crippen LogP contribution < -0.4 is 18.5 Å². The quantitative estimate of drug-likeness (QED) is 0.0447. The van der Waals surface area contributed by atoms with E-state index >= 15 is 0 Å². The molecule has 0 bridgehead atoms. The number of esters is 4. The second-order valence-electron chi connectivity index (χ2n) is 25.3. The maximum absolute atomic E-state index is 14.4. The molecule has 0 aromatic heterocycles. The summed E-state index contributed by atoms with van der Waals surface area (Å²) in [6, 6.07) is 12.8. The number of nitrogens with zero attached hydrogens (tertiary/aromatic N) is 3. The summed E-state index contributed by atoms with van der Waals surface area (Å²) < 4.78 is 117. The van der Waals surface area contributed by atoms with Crippen LogP contribution in [0.25, 0.3) is 0 Å². The number of sulfonamides is 2. The number of nitrogens with one attached hydrogen (secondary N) is 1.